The molecule has 0 saturated heterocycles. The van der Waals surface area contributed by atoms with Gasteiger partial charge in [0.25, 0.3) is 0 Å². The Morgan fingerprint density at radius 1 is 1.35 bits per heavy atom. The molecule has 0 radical (unpaired) electrons. The van der Waals surface area contributed by atoms with Crippen LogP contribution in [-0.2, 0) is 9.84 Å². The SMILES string of the molecule is CS(=O)(=O)CCNCCSc1nnnn1C1CCCC1. The number of hydrogen-bond donors (Lipinski definition) is 1. The Labute approximate surface area is 123 Å². The van der Waals surface area contributed by atoms with E-state index in [4.69, 9.17) is 0 Å². The highest BCUT2D eigenvalue weighted by molar-refractivity contribution is 7.99. The molecule has 0 amide bonds. The quantitative estimate of drug-likeness (QED) is 0.551. The molecule has 1 aliphatic rings. The minimum absolute atomic E-state index is 0.178. The first-order valence-corrected chi connectivity index (χ1v) is 9.90. The Hall–Kier alpha value is -0.670. The van der Waals surface area contributed by atoms with E-state index in [9.17, 15) is 8.42 Å². The van der Waals surface area contributed by atoms with Gasteiger partial charge < -0.3 is 5.32 Å². The molecule has 0 atom stereocenters. The molecule has 0 unspecified atom stereocenters. The van der Waals surface area contributed by atoms with Crippen molar-refractivity contribution < 1.29 is 8.42 Å². The van der Waals surface area contributed by atoms with Crippen LogP contribution in [0.5, 0.6) is 0 Å². The number of sulfone groups is 1. The van der Waals surface area contributed by atoms with Crippen molar-refractivity contribution in [2.45, 2.75) is 36.9 Å². The maximum atomic E-state index is 11.0. The third kappa shape index (κ3) is 5.02. The molecule has 20 heavy (non-hydrogen) atoms. The van der Waals surface area contributed by atoms with Gasteiger partial charge in [0, 0.05) is 25.1 Å². The second kappa shape index (κ2) is 7.37. The Morgan fingerprint density at radius 3 is 2.80 bits per heavy atom. The van der Waals surface area contributed by atoms with Gasteiger partial charge in [0.2, 0.25) is 5.16 Å². The van der Waals surface area contributed by atoms with E-state index >= 15 is 0 Å². The molecule has 0 aliphatic heterocycles. The molecule has 1 N–H and O–H groups in total. The van der Waals surface area contributed by atoms with Crippen LogP contribution < -0.4 is 5.32 Å². The zero-order valence-corrected chi connectivity index (χ0v) is 13.3. The molecule has 1 aliphatic carbocycles. The van der Waals surface area contributed by atoms with E-state index in [0.717, 1.165) is 30.3 Å². The smallest absolute Gasteiger partial charge is 0.209 e. The zero-order chi connectivity index (χ0) is 14.4. The van der Waals surface area contributed by atoms with Gasteiger partial charge in [-0.1, -0.05) is 24.6 Å². The Morgan fingerprint density at radius 2 is 2.10 bits per heavy atom. The van der Waals surface area contributed by atoms with Crippen LogP contribution in [-0.4, -0.2) is 59.5 Å². The standard InChI is InChI=1S/C11H21N5O2S2/c1-20(17,18)9-7-12-6-8-19-11-13-14-15-16(11)10-4-2-3-5-10/h10,12H,2-9H2,1H3. The van der Waals surface area contributed by atoms with Crippen LogP contribution in [0.1, 0.15) is 31.7 Å². The topological polar surface area (TPSA) is 89.8 Å². The van der Waals surface area contributed by atoms with E-state index in [2.05, 4.69) is 20.8 Å². The van der Waals surface area contributed by atoms with Crippen molar-refractivity contribution in [1.82, 2.24) is 25.5 Å². The van der Waals surface area contributed by atoms with Gasteiger partial charge in [-0.2, -0.15) is 0 Å². The van der Waals surface area contributed by atoms with Crippen molar-refractivity contribution in [3.05, 3.63) is 0 Å². The van der Waals surface area contributed by atoms with Crippen molar-refractivity contribution in [2.75, 3.05) is 30.9 Å². The minimum Gasteiger partial charge on any atom is -0.315 e. The Bertz CT molecular complexity index is 511. The van der Waals surface area contributed by atoms with E-state index in [-0.39, 0.29) is 5.75 Å². The fourth-order valence-electron chi connectivity index (χ4n) is 2.26. The number of aromatic nitrogens is 4. The maximum Gasteiger partial charge on any atom is 0.209 e. The monoisotopic (exact) mass is 319 g/mol. The molecule has 0 spiro atoms. The van der Waals surface area contributed by atoms with Gasteiger partial charge in [0.1, 0.15) is 9.84 Å². The lowest BCUT2D eigenvalue weighted by Gasteiger charge is -2.10. The lowest BCUT2D eigenvalue weighted by Crippen LogP contribution is -2.24. The molecule has 0 bridgehead atoms. The third-order valence-electron chi connectivity index (χ3n) is 3.29. The van der Waals surface area contributed by atoms with Gasteiger partial charge in [-0.3, -0.25) is 0 Å². The summed E-state index contributed by atoms with van der Waals surface area (Å²) in [6.45, 7) is 1.24. The lowest BCUT2D eigenvalue weighted by atomic mass is 10.3. The van der Waals surface area contributed by atoms with Gasteiger partial charge in [0.05, 0.1) is 11.8 Å². The van der Waals surface area contributed by atoms with E-state index < -0.39 is 9.84 Å². The Kier molecular flexibility index (Phi) is 5.79. The zero-order valence-electron chi connectivity index (χ0n) is 11.7. The average Bonchev–Trinajstić information content (AvgIpc) is 3.02. The predicted molar refractivity (Wildman–Crippen MR) is 78.6 cm³/mol. The summed E-state index contributed by atoms with van der Waals surface area (Å²) in [7, 11) is -2.88. The normalized spacial score (nSPS) is 16.9. The van der Waals surface area contributed by atoms with Crippen LogP contribution in [0, 0.1) is 0 Å². The summed E-state index contributed by atoms with van der Waals surface area (Å²) in [5.41, 5.74) is 0. The van der Waals surface area contributed by atoms with Crippen molar-refractivity contribution in [1.29, 1.82) is 0 Å². The van der Waals surface area contributed by atoms with Crippen molar-refractivity contribution in [2.24, 2.45) is 0 Å². The molecular formula is C11H21N5O2S2. The number of thioether (sulfide) groups is 1. The number of nitrogens with one attached hydrogen (secondary N) is 1. The van der Waals surface area contributed by atoms with Gasteiger partial charge >= 0.3 is 0 Å². The summed E-state index contributed by atoms with van der Waals surface area (Å²) in [4.78, 5) is 0. The van der Waals surface area contributed by atoms with Crippen LogP contribution in [0.3, 0.4) is 0 Å². The largest absolute Gasteiger partial charge is 0.315 e. The van der Waals surface area contributed by atoms with E-state index in [1.54, 1.807) is 11.8 Å². The molecule has 7 nitrogen and oxygen atoms in total. The summed E-state index contributed by atoms with van der Waals surface area (Å²) >= 11 is 1.61. The molecule has 114 valence electrons. The van der Waals surface area contributed by atoms with Gasteiger partial charge in [-0.25, -0.2) is 13.1 Å². The molecule has 0 aromatic carbocycles. The van der Waals surface area contributed by atoms with Gasteiger partial charge in [0.15, 0.2) is 0 Å². The summed E-state index contributed by atoms with van der Waals surface area (Å²) < 4.78 is 23.9. The number of nitrogens with zero attached hydrogens (tertiary/aromatic N) is 4. The van der Waals surface area contributed by atoms with Gasteiger partial charge in [-0.15, -0.1) is 5.10 Å². The second-order valence-corrected chi connectivity index (χ2v) is 8.39. The third-order valence-corrected chi connectivity index (χ3v) is 5.17. The van der Waals surface area contributed by atoms with Crippen LogP contribution in [0.15, 0.2) is 5.16 Å². The Balaban J connectivity index is 1.68. The van der Waals surface area contributed by atoms with Crippen LogP contribution in [0.2, 0.25) is 0 Å². The molecule has 1 aromatic rings. The van der Waals surface area contributed by atoms with Crippen LogP contribution >= 0.6 is 11.8 Å². The first kappa shape index (κ1) is 15.7. The van der Waals surface area contributed by atoms with Crippen molar-refractivity contribution in [3.63, 3.8) is 0 Å². The summed E-state index contributed by atoms with van der Waals surface area (Å²) in [6, 6.07) is 0.450. The predicted octanol–water partition coefficient (Wildman–Crippen LogP) is 0.514. The first-order valence-electron chi connectivity index (χ1n) is 6.85. The summed E-state index contributed by atoms with van der Waals surface area (Å²) in [5.74, 6) is 1.01. The molecular weight excluding hydrogens is 298 g/mol. The second-order valence-electron chi connectivity index (χ2n) is 5.07. The molecule has 1 aromatic heterocycles. The highest BCUT2D eigenvalue weighted by Gasteiger charge is 2.21. The molecule has 2 rings (SSSR count). The van der Waals surface area contributed by atoms with E-state index in [0.29, 0.717) is 12.6 Å². The highest BCUT2D eigenvalue weighted by atomic mass is 32.2. The maximum absolute atomic E-state index is 11.0. The minimum atomic E-state index is -2.88. The fourth-order valence-corrected chi connectivity index (χ4v) is 3.61. The lowest BCUT2D eigenvalue weighted by molar-refractivity contribution is 0.423. The van der Waals surface area contributed by atoms with Crippen LogP contribution in [0.25, 0.3) is 0 Å². The highest BCUT2D eigenvalue weighted by Crippen LogP contribution is 2.31. The fraction of sp³-hybridized carbons (Fsp3) is 0.909. The molecule has 9 heteroatoms. The van der Waals surface area contributed by atoms with E-state index in [1.807, 2.05) is 4.68 Å². The summed E-state index contributed by atoms with van der Waals surface area (Å²) in [6.07, 6.45) is 6.07. The number of rotatable bonds is 8. The number of hydrogen-bond acceptors (Lipinski definition) is 7. The number of tetrazole rings is 1. The average molecular weight is 319 g/mol. The van der Waals surface area contributed by atoms with Crippen LogP contribution in [0.4, 0.5) is 0 Å². The van der Waals surface area contributed by atoms with Crippen molar-refractivity contribution >= 4 is 21.6 Å². The van der Waals surface area contributed by atoms with Crippen molar-refractivity contribution in [3.8, 4) is 0 Å². The molecule has 1 fully saturated rings. The molecule has 1 saturated carbocycles. The summed E-state index contributed by atoms with van der Waals surface area (Å²) in [5, 5.41) is 15.9. The van der Waals surface area contributed by atoms with E-state index in [1.165, 1.54) is 19.1 Å². The van der Waals surface area contributed by atoms with Gasteiger partial charge in [-0.05, 0) is 23.3 Å². The molecule has 1 heterocycles. The first-order chi connectivity index (χ1) is 9.56.